The van der Waals surface area contributed by atoms with Gasteiger partial charge in [-0.1, -0.05) is 164 Å². The minimum Gasteiger partial charge on any atom is -0.316 e. The van der Waals surface area contributed by atoms with Crippen LogP contribution in [0.2, 0.25) is 0 Å². The van der Waals surface area contributed by atoms with Crippen molar-refractivity contribution in [2.24, 2.45) is 0 Å². The van der Waals surface area contributed by atoms with E-state index in [1.807, 2.05) is 12.1 Å². The molecule has 0 unspecified atom stereocenters. The van der Waals surface area contributed by atoms with Gasteiger partial charge in [0.25, 0.3) is 0 Å². The fourth-order valence-electron chi connectivity index (χ4n) is 5.28. The molecule has 212 valence electrons. The van der Waals surface area contributed by atoms with Crippen LogP contribution in [0.5, 0.6) is 0 Å². The normalized spacial score (nSPS) is 11.1. The number of nitrogens with zero attached hydrogens (tertiary/aromatic N) is 1. The third kappa shape index (κ3) is 7.21. The Morgan fingerprint density at radius 1 is 0.432 bits per heavy atom. The highest BCUT2D eigenvalue weighted by Gasteiger charge is 2.14. The highest BCUT2D eigenvalue weighted by Crippen LogP contribution is 2.34. The van der Waals surface area contributed by atoms with E-state index in [2.05, 4.69) is 194 Å². The summed E-state index contributed by atoms with van der Waals surface area (Å²) in [7, 11) is 0. The van der Waals surface area contributed by atoms with Crippen molar-refractivity contribution in [3.8, 4) is 0 Å². The first-order chi connectivity index (χ1) is 21.7. The number of aryl methyl sites for hydroxylation is 1. The SMILES string of the molecule is Cc1cc(C=Cc2ccccc2)ccc1N(C=C(c1ccccc1)c1ccccc1)c1ccc(C=Cc2ccccc2)cc1. The van der Waals surface area contributed by atoms with Crippen LogP contribution in [0.1, 0.15) is 38.9 Å². The summed E-state index contributed by atoms with van der Waals surface area (Å²) >= 11 is 0. The maximum atomic E-state index is 2.32. The highest BCUT2D eigenvalue weighted by atomic mass is 15.1. The van der Waals surface area contributed by atoms with Gasteiger partial charge in [-0.2, -0.15) is 0 Å². The maximum Gasteiger partial charge on any atom is 0.0485 e. The third-order valence-corrected chi connectivity index (χ3v) is 7.62. The Labute approximate surface area is 261 Å². The maximum absolute atomic E-state index is 2.32. The second-order valence-corrected chi connectivity index (χ2v) is 10.8. The van der Waals surface area contributed by atoms with Crippen molar-refractivity contribution in [3.05, 3.63) is 209 Å². The molecule has 1 heteroatoms. The molecule has 6 aromatic rings. The van der Waals surface area contributed by atoms with Gasteiger partial charge in [-0.3, -0.25) is 0 Å². The van der Waals surface area contributed by atoms with Crippen LogP contribution in [0, 0.1) is 6.92 Å². The molecule has 0 bridgehead atoms. The van der Waals surface area contributed by atoms with Gasteiger partial charge in [-0.15, -0.1) is 0 Å². The van der Waals surface area contributed by atoms with E-state index in [0.717, 1.165) is 22.5 Å². The zero-order valence-electron chi connectivity index (χ0n) is 24.9. The van der Waals surface area contributed by atoms with Gasteiger partial charge in [0, 0.05) is 23.1 Å². The number of hydrogen-bond donors (Lipinski definition) is 0. The fraction of sp³-hybridized carbons (Fsp3) is 0.0233. The Balaban J connectivity index is 1.41. The first-order valence-electron chi connectivity index (χ1n) is 15.0. The molecule has 44 heavy (non-hydrogen) atoms. The molecule has 0 aliphatic heterocycles. The second kappa shape index (κ2) is 14.0. The van der Waals surface area contributed by atoms with Crippen molar-refractivity contribution in [1.29, 1.82) is 0 Å². The molecule has 0 fully saturated rings. The minimum absolute atomic E-state index is 1.10. The molecule has 0 heterocycles. The van der Waals surface area contributed by atoms with E-state index in [1.54, 1.807) is 0 Å². The lowest BCUT2D eigenvalue weighted by atomic mass is 9.98. The predicted molar refractivity (Wildman–Crippen MR) is 190 cm³/mol. The molecule has 6 aromatic carbocycles. The van der Waals surface area contributed by atoms with Gasteiger partial charge in [0.15, 0.2) is 0 Å². The molecule has 6 rings (SSSR count). The summed E-state index contributed by atoms with van der Waals surface area (Å²) in [6.07, 6.45) is 10.9. The summed E-state index contributed by atoms with van der Waals surface area (Å²) in [4.78, 5) is 2.32. The Bertz CT molecular complexity index is 1820. The van der Waals surface area contributed by atoms with Crippen LogP contribution >= 0.6 is 0 Å². The Kier molecular flexibility index (Phi) is 9.06. The topological polar surface area (TPSA) is 3.24 Å². The summed E-state index contributed by atoms with van der Waals surface area (Å²) in [6, 6.07) is 57.6. The van der Waals surface area contributed by atoms with Gasteiger partial charge in [0.2, 0.25) is 0 Å². The first kappa shape index (κ1) is 28.5. The van der Waals surface area contributed by atoms with Crippen LogP contribution in [0.3, 0.4) is 0 Å². The molecule has 1 nitrogen and oxygen atoms in total. The Hall–Kier alpha value is -5.66. The molecule has 0 aromatic heterocycles. The molecule has 0 radical (unpaired) electrons. The van der Waals surface area contributed by atoms with E-state index in [4.69, 9.17) is 0 Å². The summed E-state index contributed by atoms with van der Waals surface area (Å²) in [6.45, 7) is 2.19. The fourth-order valence-corrected chi connectivity index (χ4v) is 5.28. The van der Waals surface area contributed by atoms with E-state index in [9.17, 15) is 0 Å². The van der Waals surface area contributed by atoms with Crippen LogP contribution in [-0.2, 0) is 0 Å². The zero-order valence-corrected chi connectivity index (χ0v) is 24.9. The molecular formula is C43H35N. The summed E-state index contributed by atoms with van der Waals surface area (Å²) in [5.74, 6) is 0. The van der Waals surface area contributed by atoms with Crippen molar-refractivity contribution >= 4 is 41.3 Å². The minimum atomic E-state index is 1.10. The summed E-state index contributed by atoms with van der Waals surface area (Å²) < 4.78 is 0. The quantitative estimate of drug-likeness (QED) is 0.158. The number of hydrogen-bond acceptors (Lipinski definition) is 1. The molecule has 0 atom stereocenters. The average molecular weight is 566 g/mol. The molecule has 0 saturated heterocycles. The summed E-state index contributed by atoms with van der Waals surface area (Å²) in [5.41, 5.74) is 11.6. The molecule has 0 amide bonds. The molecule has 0 N–H and O–H groups in total. The largest absolute Gasteiger partial charge is 0.316 e. The number of rotatable bonds is 9. The molecule has 0 aliphatic carbocycles. The molecule has 0 spiro atoms. The van der Waals surface area contributed by atoms with E-state index in [0.29, 0.717) is 0 Å². The predicted octanol–water partition coefficient (Wildman–Crippen LogP) is 11.6. The van der Waals surface area contributed by atoms with E-state index < -0.39 is 0 Å². The third-order valence-electron chi connectivity index (χ3n) is 7.62. The first-order valence-corrected chi connectivity index (χ1v) is 15.0. The number of benzene rings is 6. The Morgan fingerprint density at radius 2 is 0.841 bits per heavy atom. The monoisotopic (exact) mass is 565 g/mol. The van der Waals surface area contributed by atoms with Crippen LogP contribution in [-0.4, -0.2) is 0 Å². The van der Waals surface area contributed by atoms with Crippen LogP contribution in [0.25, 0.3) is 29.9 Å². The van der Waals surface area contributed by atoms with Gasteiger partial charge in [-0.25, -0.2) is 0 Å². The van der Waals surface area contributed by atoms with Crippen molar-refractivity contribution in [3.63, 3.8) is 0 Å². The molecular weight excluding hydrogens is 530 g/mol. The van der Waals surface area contributed by atoms with Gasteiger partial charge in [0.1, 0.15) is 0 Å². The summed E-state index contributed by atoms with van der Waals surface area (Å²) in [5, 5.41) is 0. The standard InChI is InChI=1S/C43H35N/c1-34-32-38(25-24-36-16-8-3-9-17-36)28-31-43(34)44(33-42(39-18-10-4-11-19-39)40-20-12-5-13-21-40)41-29-26-37(27-30-41)23-22-35-14-6-2-7-15-35/h2-33H,1H3. The van der Waals surface area contributed by atoms with E-state index >= 15 is 0 Å². The van der Waals surface area contributed by atoms with Crippen molar-refractivity contribution in [2.45, 2.75) is 6.92 Å². The average Bonchev–Trinajstić information content (AvgIpc) is 3.09. The number of anilines is 2. The lowest BCUT2D eigenvalue weighted by Gasteiger charge is -2.25. The molecule has 0 aliphatic rings. The highest BCUT2D eigenvalue weighted by molar-refractivity contribution is 5.85. The lowest BCUT2D eigenvalue weighted by molar-refractivity contribution is 1.24. The lowest BCUT2D eigenvalue weighted by Crippen LogP contribution is -2.12. The van der Waals surface area contributed by atoms with Gasteiger partial charge < -0.3 is 4.90 Å². The van der Waals surface area contributed by atoms with Gasteiger partial charge in [-0.05, 0) is 70.1 Å². The van der Waals surface area contributed by atoms with Crippen LogP contribution in [0.4, 0.5) is 11.4 Å². The smallest absolute Gasteiger partial charge is 0.0485 e. The van der Waals surface area contributed by atoms with Crippen LogP contribution in [0.15, 0.2) is 170 Å². The van der Waals surface area contributed by atoms with Gasteiger partial charge >= 0.3 is 0 Å². The van der Waals surface area contributed by atoms with Crippen LogP contribution < -0.4 is 4.90 Å². The Morgan fingerprint density at radius 3 is 1.32 bits per heavy atom. The zero-order chi connectivity index (χ0) is 30.0. The van der Waals surface area contributed by atoms with E-state index in [-0.39, 0.29) is 0 Å². The second-order valence-electron chi connectivity index (χ2n) is 10.8. The van der Waals surface area contributed by atoms with E-state index in [1.165, 1.54) is 33.4 Å². The van der Waals surface area contributed by atoms with Crippen molar-refractivity contribution in [1.82, 2.24) is 0 Å². The van der Waals surface area contributed by atoms with Crippen molar-refractivity contribution in [2.75, 3.05) is 4.90 Å². The van der Waals surface area contributed by atoms with Gasteiger partial charge in [0.05, 0.1) is 0 Å². The molecule has 0 saturated carbocycles. The van der Waals surface area contributed by atoms with Crippen molar-refractivity contribution < 1.29 is 0 Å².